The Labute approximate surface area is 186 Å². The monoisotopic (exact) mass is 427 g/mol. The number of hydrogen-bond donors (Lipinski definition) is 2. The fourth-order valence-corrected chi connectivity index (χ4v) is 4.05. The summed E-state index contributed by atoms with van der Waals surface area (Å²) in [5.74, 6) is 1.61. The number of benzene rings is 1. The molecule has 1 aliphatic carbocycles. The van der Waals surface area contributed by atoms with Crippen LogP contribution in [0.3, 0.4) is 0 Å². The predicted octanol–water partition coefficient (Wildman–Crippen LogP) is 3.64. The van der Waals surface area contributed by atoms with E-state index in [2.05, 4.69) is 28.3 Å². The van der Waals surface area contributed by atoms with Crippen LogP contribution in [0.15, 0.2) is 48.8 Å². The molecule has 0 saturated heterocycles. The number of nitrogens with one attached hydrogen (secondary N) is 1. The van der Waals surface area contributed by atoms with Gasteiger partial charge in [0.15, 0.2) is 0 Å². The Bertz CT molecular complexity index is 738. The second-order valence-electron chi connectivity index (χ2n) is 8.41. The molecule has 0 spiro atoms. The molecule has 1 atom stereocenters. The summed E-state index contributed by atoms with van der Waals surface area (Å²) in [4.78, 5) is 6.34. The number of aliphatic hydroxyl groups is 1. The summed E-state index contributed by atoms with van der Waals surface area (Å²) in [6.07, 6.45) is 10.4. The van der Waals surface area contributed by atoms with Crippen molar-refractivity contribution in [2.24, 2.45) is 0 Å². The number of nitrogens with zero attached hydrogens (tertiary/aromatic N) is 2. The summed E-state index contributed by atoms with van der Waals surface area (Å²) in [6, 6.07) is 12.5. The number of aromatic nitrogens is 1. The van der Waals surface area contributed by atoms with Gasteiger partial charge in [-0.1, -0.05) is 31.4 Å². The van der Waals surface area contributed by atoms with Crippen molar-refractivity contribution >= 4 is 0 Å². The first-order valence-electron chi connectivity index (χ1n) is 11.5. The molecule has 0 unspecified atom stereocenters. The van der Waals surface area contributed by atoms with E-state index in [9.17, 15) is 5.11 Å². The quantitative estimate of drug-likeness (QED) is 0.476. The second kappa shape index (κ2) is 13.3. The van der Waals surface area contributed by atoms with Crippen LogP contribution in [-0.2, 0) is 6.54 Å². The molecule has 0 amide bonds. The fourth-order valence-electron chi connectivity index (χ4n) is 4.05. The molecule has 0 radical (unpaired) electrons. The largest absolute Gasteiger partial charge is 0.492 e. The van der Waals surface area contributed by atoms with Gasteiger partial charge in [0.1, 0.15) is 24.2 Å². The van der Waals surface area contributed by atoms with E-state index in [0.29, 0.717) is 25.8 Å². The van der Waals surface area contributed by atoms with E-state index in [0.717, 1.165) is 31.0 Å². The Balaban J connectivity index is 1.30. The van der Waals surface area contributed by atoms with Gasteiger partial charge in [0.05, 0.1) is 12.8 Å². The van der Waals surface area contributed by atoms with Crippen LogP contribution in [0.4, 0.5) is 0 Å². The van der Waals surface area contributed by atoms with Gasteiger partial charge in [0.25, 0.3) is 0 Å². The van der Waals surface area contributed by atoms with Crippen LogP contribution in [0.5, 0.6) is 11.5 Å². The molecule has 0 bridgehead atoms. The molecule has 6 nitrogen and oxygen atoms in total. The third kappa shape index (κ3) is 8.85. The Morgan fingerprint density at radius 1 is 1.13 bits per heavy atom. The van der Waals surface area contributed by atoms with Crippen LogP contribution in [0.25, 0.3) is 0 Å². The normalized spacial score (nSPS) is 15.7. The molecule has 2 aromatic rings. The minimum atomic E-state index is -0.478. The molecule has 1 aromatic carbocycles. The highest BCUT2D eigenvalue weighted by molar-refractivity contribution is 5.28. The topological polar surface area (TPSA) is 66.9 Å². The Kier molecular flexibility index (Phi) is 10.1. The van der Waals surface area contributed by atoms with Crippen LogP contribution in [0.2, 0.25) is 0 Å². The summed E-state index contributed by atoms with van der Waals surface area (Å²) in [5.41, 5.74) is 1.17. The zero-order chi connectivity index (χ0) is 21.7. The fraction of sp³-hybridized carbons (Fsp3) is 0.560. The number of hydrogen-bond acceptors (Lipinski definition) is 6. The lowest BCUT2D eigenvalue weighted by molar-refractivity contribution is 0.0561. The summed E-state index contributed by atoms with van der Waals surface area (Å²) in [7, 11) is 2.12. The van der Waals surface area contributed by atoms with E-state index in [1.54, 1.807) is 12.4 Å². The smallest absolute Gasteiger partial charge is 0.137 e. The molecule has 6 heteroatoms. The minimum absolute atomic E-state index is 0.319. The van der Waals surface area contributed by atoms with Gasteiger partial charge in [0.2, 0.25) is 0 Å². The summed E-state index contributed by atoms with van der Waals surface area (Å²) in [6.45, 7) is 3.29. The lowest BCUT2D eigenvalue weighted by atomic mass is 9.94. The molecule has 3 rings (SSSR count). The average Bonchev–Trinajstić information content (AvgIpc) is 2.81. The van der Waals surface area contributed by atoms with Gasteiger partial charge in [-0.25, -0.2) is 0 Å². The summed E-state index contributed by atoms with van der Waals surface area (Å²) >= 11 is 0. The van der Waals surface area contributed by atoms with Gasteiger partial charge in [-0.15, -0.1) is 0 Å². The SMILES string of the molecule is CN(C[C@H](O)COc1cccc(CNCCCOc2cccnc2)c1)C1CCCCC1. The number of ether oxygens (including phenoxy) is 2. The van der Waals surface area contributed by atoms with Gasteiger partial charge in [0, 0.05) is 25.3 Å². The molecule has 1 aliphatic rings. The highest BCUT2D eigenvalue weighted by atomic mass is 16.5. The molecular formula is C25H37N3O3. The maximum atomic E-state index is 10.4. The average molecular weight is 428 g/mol. The maximum Gasteiger partial charge on any atom is 0.137 e. The Hall–Kier alpha value is -2.15. The van der Waals surface area contributed by atoms with Gasteiger partial charge in [-0.05, 0) is 62.7 Å². The number of rotatable bonds is 13. The molecule has 0 aliphatic heterocycles. The second-order valence-corrected chi connectivity index (χ2v) is 8.41. The number of likely N-dealkylation sites (N-methyl/N-ethyl adjacent to an activating group) is 1. The third-order valence-corrected chi connectivity index (χ3v) is 5.77. The van der Waals surface area contributed by atoms with E-state index in [4.69, 9.17) is 9.47 Å². The first-order valence-corrected chi connectivity index (χ1v) is 11.5. The number of aliphatic hydroxyl groups excluding tert-OH is 1. The standard InChI is InChI=1S/C25H37N3O3/c1-28(22-9-3-2-4-10-22)19-23(29)20-31-24-11-5-8-21(16-24)17-26-14-7-15-30-25-12-6-13-27-18-25/h5-6,8,11-13,16,18,22-23,26,29H,2-4,7,9-10,14-15,17,19-20H2,1H3/t23-/m0/s1. The summed E-state index contributed by atoms with van der Waals surface area (Å²) in [5, 5.41) is 13.8. The highest BCUT2D eigenvalue weighted by Crippen LogP contribution is 2.21. The van der Waals surface area contributed by atoms with Crippen molar-refractivity contribution in [3.63, 3.8) is 0 Å². The molecule has 170 valence electrons. The van der Waals surface area contributed by atoms with E-state index < -0.39 is 6.10 Å². The van der Waals surface area contributed by atoms with E-state index in [-0.39, 0.29) is 0 Å². The molecule has 1 heterocycles. The lowest BCUT2D eigenvalue weighted by Crippen LogP contribution is -2.40. The molecule has 1 aromatic heterocycles. The van der Waals surface area contributed by atoms with Crippen molar-refractivity contribution in [1.29, 1.82) is 0 Å². The van der Waals surface area contributed by atoms with Crippen LogP contribution in [-0.4, -0.2) is 60.5 Å². The van der Waals surface area contributed by atoms with Gasteiger partial charge in [-0.2, -0.15) is 0 Å². The Morgan fingerprint density at radius 2 is 1.97 bits per heavy atom. The van der Waals surface area contributed by atoms with E-state index >= 15 is 0 Å². The molecule has 2 N–H and O–H groups in total. The van der Waals surface area contributed by atoms with Crippen molar-refractivity contribution in [3.05, 3.63) is 54.4 Å². The van der Waals surface area contributed by atoms with Crippen LogP contribution >= 0.6 is 0 Å². The van der Waals surface area contributed by atoms with Crippen LogP contribution in [0, 0.1) is 0 Å². The molecule has 1 fully saturated rings. The van der Waals surface area contributed by atoms with Crippen LogP contribution < -0.4 is 14.8 Å². The van der Waals surface area contributed by atoms with Crippen LogP contribution in [0.1, 0.15) is 44.1 Å². The van der Waals surface area contributed by atoms with Crippen molar-refractivity contribution in [1.82, 2.24) is 15.2 Å². The molecule has 1 saturated carbocycles. The van der Waals surface area contributed by atoms with Gasteiger partial charge >= 0.3 is 0 Å². The van der Waals surface area contributed by atoms with Crippen molar-refractivity contribution in [3.8, 4) is 11.5 Å². The van der Waals surface area contributed by atoms with Gasteiger partial charge < -0.3 is 24.8 Å². The van der Waals surface area contributed by atoms with E-state index in [1.807, 2.05) is 30.3 Å². The zero-order valence-electron chi connectivity index (χ0n) is 18.7. The molecule has 31 heavy (non-hydrogen) atoms. The van der Waals surface area contributed by atoms with Gasteiger partial charge in [-0.3, -0.25) is 4.98 Å². The maximum absolute atomic E-state index is 10.4. The van der Waals surface area contributed by atoms with Crippen molar-refractivity contribution in [2.75, 3.05) is 33.4 Å². The number of pyridine rings is 1. The summed E-state index contributed by atoms with van der Waals surface area (Å²) < 4.78 is 11.5. The Morgan fingerprint density at radius 3 is 2.77 bits per heavy atom. The van der Waals surface area contributed by atoms with E-state index in [1.165, 1.54) is 37.7 Å². The van der Waals surface area contributed by atoms with Crippen molar-refractivity contribution < 1.29 is 14.6 Å². The predicted molar refractivity (Wildman–Crippen MR) is 124 cm³/mol. The first-order chi connectivity index (χ1) is 15.2. The minimum Gasteiger partial charge on any atom is -0.492 e. The molecular weight excluding hydrogens is 390 g/mol. The zero-order valence-corrected chi connectivity index (χ0v) is 18.7. The third-order valence-electron chi connectivity index (χ3n) is 5.77. The lowest BCUT2D eigenvalue weighted by Gasteiger charge is -2.32. The van der Waals surface area contributed by atoms with Crippen molar-refractivity contribution in [2.45, 2.75) is 57.2 Å². The highest BCUT2D eigenvalue weighted by Gasteiger charge is 2.20. The first kappa shape index (κ1) is 23.5.